The van der Waals surface area contributed by atoms with Gasteiger partial charge in [-0.1, -0.05) is 29.3 Å². The zero-order valence-electron chi connectivity index (χ0n) is 10.2. The van der Waals surface area contributed by atoms with Gasteiger partial charge in [0.25, 0.3) is 0 Å². The van der Waals surface area contributed by atoms with E-state index in [1.165, 1.54) is 4.88 Å². The summed E-state index contributed by atoms with van der Waals surface area (Å²) in [6.07, 6.45) is 0. The molecule has 2 aromatic rings. The summed E-state index contributed by atoms with van der Waals surface area (Å²) in [7, 11) is 1.98. The molecule has 0 saturated heterocycles. The highest BCUT2D eigenvalue weighted by Crippen LogP contribution is 2.39. The Kier molecular flexibility index (Phi) is 4.05. The Labute approximate surface area is 121 Å². The molecule has 2 N–H and O–H groups in total. The summed E-state index contributed by atoms with van der Waals surface area (Å²) in [6, 6.07) is 7.80. The minimum atomic E-state index is 0.212. The van der Waals surface area contributed by atoms with Gasteiger partial charge in [-0.3, -0.25) is 0 Å². The number of rotatable bonds is 3. The topological polar surface area (TPSA) is 29.3 Å². The molecular weight excluding hydrogens is 287 g/mol. The average molecular weight is 301 g/mol. The van der Waals surface area contributed by atoms with Crippen molar-refractivity contribution in [2.45, 2.75) is 13.0 Å². The van der Waals surface area contributed by atoms with Gasteiger partial charge in [-0.25, -0.2) is 0 Å². The number of thiophene rings is 1. The molecule has 1 atom stereocenters. The molecule has 1 unspecified atom stereocenters. The van der Waals surface area contributed by atoms with Crippen molar-refractivity contribution in [2.75, 3.05) is 17.7 Å². The summed E-state index contributed by atoms with van der Waals surface area (Å²) in [5, 5.41) is 3.21. The second-order valence-electron chi connectivity index (χ2n) is 4.14. The lowest BCUT2D eigenvalue weighted by Gasteiger charge is -2.28. The Hall–Kier alpha value is -0.900. The van der Waals surface area contributed by atoms with Crippen LogP contribution in [0.5, 0.6) is 0 Å². The number of benzene rings is 1. The Bertz CT molecular complexity index is 517. The third-order valence-electron chi connectivity index (χ3n) is 2.93. The van der Waals surface area contributed by atoms with Crippen LogP contribution in [-0.4, -0.2) is 7.05 Å². The molecule has 0 spiro atoms. The maximum absolute atomic E-state index is 6.23. The van der Waals surface area contributed by atoms with E-state index in [1.54, 1.807) is 23.5 Å². The summed E-state index contributed by atoms with van der Waals surface area (Å²) < 4.78 is 0. The highest BCUT2D eigenvalue weighted by Gasteiger charge is 2.18. The van der Waals surface area contributed by atoms with E-state index in [1.807, 2.05) is 13.1 Å². The van der Waals surface area contributed by atoms with Crippen molar-refractivity contribution in [3.8, 4) is 0 Å². The molecule has 2 rings (SSSR count). The Morgan fingerprint density at radius 1 is 1.28 bits per heavy atom. The fourth-order valence-electron chi connectivity index (χ4n) is 1.84. The third kappa shape index (κ3) is 2.58. The van der Waals surface area contributed by atoms with E-state index in [2.05, 4.69) is 23.3 Å². The molecule has 1 heterocycles. The molecule has 1 aromatic heterocycles. The number of halogens is 2. The van der Waals surface area contributed by atoms with Gasteiger partial charge in [-0.05, 0) is 30.5 Å². The Morgan fingerprint density at radius 3 is 2.39 bits per heavy atom. The summed E-state index contributed by atoms with van der Waals surface area (Å²) in [5.41, 5.74) is 7.10. The first-order chi connectivity index (χ1) is 8.50. The van der Waals surface area contributed by atoms with Crippen molar-refractivity contribution >= 4 is 45.9 Å². The number of nitrogen functional groups attached to an aromatic ring is 1. The summed E-state index contributed by atoms with van der Waals surface area (Å²) >= 11 is 14.2. The van der Waals surface area contributed by atoms with Gasteiger partial charge in [0.1, 0.15) is 0 Å². The van der Waals surface area contributed by atoms with Gasteiger partial charge in [-0.15, -0.1) is 11.3 Å². The molecule has 0 amide bonds. The molecule has 18 heavy (non-hydrogen) atoms. The first-order valence-corrected chi connectivity index (χ1v) is 7.15. The molecule has 0 fully saturated rings. The minimum Gasteiger partial charge on any atom is -0.399 e. The zero-order chi connectivity index (χ0) is 13.3. The first kappa shape index (κ1) is 13.5. The van der Waals surface area contributed by atoms with Crippen LogP contribution in [0.1, 0.15) is 17.8 Å². The van der Waals surface area contributed by atoms with Gasteiger partial charge in [0.05, 0.1) is 21.8 Å². The Morgan fingerprint density at radius 2 is 1.89 bits per heavy atom. The van der Waals surface area contributed by atoms with Gasteiger partial charge < -0.3 is 10.6 Å². The van der Waals surface area contributed by atoms with E-state index in [4.69, 9.17) is 28.9 Å². The van der Waals surface area contributed by atoms with Gasteiger partial charge >= 0.3 is 0 Å². The lowest BCUT2D eigenvalue weighted by atomic mass is 10.2. The first-order valence-electron chi connectivity index (χ1n) is 5.51. The van der Waals surface area contributed by atoms with Gasteiger partial charge in [0, 0.05) is 17.6 Å². The molecule has 0 aliphatic heterocycles. The molecule has 2 nitrogen and oxygen atoms in total. The van der Waals surface area contributed by atoms with Crippen molar-refractivity contribution < 1.29 is 0 Å². The fourth-order valence-corrected chi connectivity index (χ4v) is 3.43. The van der Waals surface area contributed by atoms with E-state index in [0.717, 1.165) is 5.69 Å². The number of nitrogens with two attached hydrogens (primary N) is 1. The average Bonchev–Trinajstić information content (AvgIpc) is 2.79. The highest BCUT2D eigenvalue weighted by atomic mass is 35.5. The van der Waals surface area contributed by atoms with Crippen LogP contribution in [0.15, 0.2) is 29.6 Å². The maximum Gasteiger partial charge on any atom is 0.0749 e. The van der Waals surface area contributed by atoms with Crippen LogP contribution in [0, 0.1) is 0 Å². The summed E-state index contributed by atoms with van der Waals surface area (Å²) in [6.45, 7) is 2.12. The molecule has 0 aliphatic carbocycles. The Balaban J connectivity index is 2.37. The normalized spacial score (nSPS) is 12.4. The summed E-state index contributed by atoms with van der Waals surface area (Å²) in [4.78, 5) is 3.33. The van der Waals surface area contributed by atoms with E-state index in [9.17, 15) is 0 Å². The largest absolute Gasteiger partial charge is 0.399 e. The SMILES string of the molecule is CC(c1cccs1)N(C)c1c(Cl)cc(N)cc1Cl. The third-order valence-corrected chi connectivity index (χ3v) is 4.55. The smallest absolute Gasteiger partial charge is 0.0749 e. The molecular formula is C13H14Cl2N2S. The quantitative estimate of drug-likeness (QED) is 0.822. The van der Waals surface area contributed by atoms with Gasteiger partial charge in [-0.2, -0.15) is 0 Å². The molecule has 0 aliphatic rings. The maximum atomic E-state index is 6.23. The van der Waals surface area contributed by atoms with E-state index in [-0.39, 0.29) is 6.04 Å². The lowest BCUT2D eigenvalue weighted by molar-refractivity contribution is 0.754. The predicted octanol–water partition coefficient (Wildman–Crippen LogP) is 4.83. The number of nitrogens with zero attached hydrogens (tertiary/aromatic N) is 1. The molecule has 96 valence electrons. The van der Waals surface area contributed by atoms with Crippen LogP contribution >= 0.6 is 34.5 Å². The van der Waals surface area contributed by atoms with Crippen LogP contribution in [0.4, 0.5) is 11.4 Å². The molecule has 0 radical (unpaired) electrons. The van der Waals surface area contributed by atoms with Gasteiger partial charge in [0.2, 0.25) is 0 Å². The van der Waals surface area contributed by atoms with Gasteiger partial charge in [0.15, 0.2) is 0 Å². The van der Waals surface area contributed by atoms with Crippen LogP contribution in [-0.2, 0) is 0 Å². The van der Waals surface area contributed by atoms with Crippen molar-refractivity contribution in [2.24, 2.45) is 0 Å². The summed E-state index contributed by atoms with van der Waals surface area (Å²) in [5.74, 6) is 0. The van der Waals surface area contributed by atoms with Crippen molar-refractivity contribution in [1.29, 1.82) is 0 Å². The van der Waals surface area contributed by atoms with Crippen molar-refractivity contribution in [1.82, 2.24) is 0 Å². The second kappa shape index (κ2) is 5.39. The lowest BCUT2D eigenvalue weighted by Crippen LogP contribution is -2.21. The van der Waals surface area contributed by atoms with E-state index < -0.39 is 0 Å². The molecule has 0 saturated carbocycles. The van der Waals surface area contributed by atoms with Crippen LogP contribution in [0.2, 0.25) is 10.0 Å². The number of hydrogen-bond donors (Lipinski definition) is 1. The van der Waals surface area contributed by atoms with E-state index in [0.29, 0.717) is 15.7 Å². The minimum absolute atomic E-state index is 0.212. The molecule has 0 bridgehead atoms. The predicted molar refractivity (Wildman–Crippen MR) is 82.0 cm³/mol. The number of hydrogen-bond acceptors (Lipinski definition) is 3. The standard InChI is InChI=1S/C13H14Cl2N2S/c1-8(12-4-3-5-18-12)17(2)13-10(14)6-9(16)7-11(13)15/h3-8H,16H2,1-2H3. The van der Waals surface area contributed by atoms with Crippen LogP contribution in [0.25, 0.3) is 0 Å². The van der Waals surface area contributed by atoms with Crippen molar-refractivity contribution in [3.63, 3.8) is 0 Å². The van der Waals surface area contributed by atoms with E-state index >= 15 is 0 Å². The molecule has 5 heteroatoms. The monoisotopic (exact) mass is 300 g/mol. The number of anilines is 2. The fraction of sp³-hybridized carbons (Fsp3) is 0.231. The van der Waals surface area contributed by atoms with Crippen molar-refractivity contribution in [3.05, 3.63) is 44.6 Å². The van der Waals surface area contributed by atoms with Crippen LogP contribution < -0.4 is 10.6 Å². The van der Waals surface area contributed by atoms with Crippen LogP contribution in [0.3, 0.4) is 0 Å². The second-order valence-corrected chi connectivity index (χ2v) is 5.93. The highest BCUT2D eigenvalue weighted by molar-refractivity contribution is 7.10. The zero-order valence-corrected chi connectivity index (χ0v) is 12.5. The molecule has 1 aromatic carbocycles.